The van der Waals surface area contributed by atoms with Crippen molar-refractivity contribution in [1.82, 2.24) is 19.9 Å². The predicted octanol–water partition coefficient (Wildman–Crippen LogP) is 4.51. The van der Waals surface area contributed by atoms with Gasteiger partial charge in [0.25, 0.3) is 5.91 Å². The molecule has 3 aromatic heterocycles. The first-order valence-corrected chi connectivity index (χ1v) is 10.2. The van der Waals surface area contributed by atoms with Crippen LogP contribution in [0.5, 0.6) is 5.75 Å². The standard InChI is InChI=1S/C23H21F3N4O3/c1-14-20(15(2)33-29-14)13-32-19-6-3-16(4-7-19)22(31)27-10-9-18-12-30-11-17(23(24,25)26)5-8-21(30)28-18/h3-8,11-12H,9-10,13H2,1-2H3,(H,27,31). The van der Waals surface area contributed by atoms with E-state index in [0.29, 0.717) is 48.0 Å². The molecule has 0 aliphatic rings. The van der Waals surface area contributed by atoms with E-state index < -0.39 is 11.7 Å². The number of hydrogen-bond donors (Lipinski definition) is 1. The van der Waals surface area contributed by atoms with E-state index in [1.54, 1.807) is 24.3 Å². The number of ether oxygens (including phenoxy) is 1. The quantitative estimate of drug-likeness (QED) is 0.441. The molecular formula is C23H21F3N4O3. The maximum Gasteiger partial charge on any atom is 0.417 e. The van der Waals surface area contributed by atoms with Crippen molar-refractivity contribution in [1.29, 1.82) is 0 Å². The molecule has 172 valence electrons. The molecule has 0 saturated carbocycles. The average Bonchev–Trinajstić information content (AvgIpc) is 3.33. The highest BCUT2D eigenvalue weighted by Gasteiger charge is 2.30. The molecule has 4 aromatic rings. The molecule has 3 heterocycles. The monoisotopic (exact) mass is 458 g/mol. The second kappa shape index (κ2) is 8.97. The SMILES string of the molecule is Cc1noc(C)c1COc1ccc(C(=O)NCCc2cn3cc(C(F)(F)F)ccc3n2)cc1. The van der Waals surface area contributed by atoms with Crippen molar-refractivity contribution in [3.8, 4) is 5.75 Å². The number of halogens is 3. The Labute approximate surface area is 187 Å². The summed E-state index contributed by atoms with van der Waals surface area (Å²) in [5, 5.41) is 6.67. The van der Waals surface area contributed by atoms with Crippen molar-refractivity contribution in [3.05, 3.63) is 82.6 Å². The molecule has 1 aromatic carbocycles. The summed E-state index contributed by atoms with van der Waals surface area (Å²) in [7, 11) is 0. The Bertz CT molecular complexity index is 1260. The van der Waals surface area contributed by atoms with Crippen LogP contribution >= 0.6 is 0 Å². The number of amides is 1. The van der Waals surface area contributed by atoms with E-state index in [1.165, 1.54) is 16.7 Å². The molecule has 0 bridgehead atoms. The summed E-state index contributed by atoms with van der Waals surface area (Å²) in [6.45, 7) is 4.27. The summed E-state index contributed by atoms with van der Waals surface area (Å²) >= 11 is 0. The van der Waals surface area contributed by atoms with Crippen molar-refractivity contribution < 1.29 is 27.2 Å². The van der Waals surface area contributed by atoms with E-state index in [1.807, 2.05) is 13.8 Å². The van der Waals surface area contributed by atoms with Crippen LogP contribution in [0.1, 0.15) is 38.6 Å². The lowest BCUT2D eigenvalue weighted by molar-refractivity contribution is -0.137. The normalized spacial score (nSPS) is 11.7. The minimum Gasteiger partial charge on any atom is -0.489 e. The van der Waals surface area contributed by atoms with Gasteiger partial charge in [0.1, 0.15) is 23.8 Å². The van der Waals surface area contributed by atoms with Gasteiger partial charge in [-0.25, -0.2) is 4.98 Å². The molecule has 0 spiro atoms. The van der Waals surface area contributed by atoms with E-state index in [-0.39, 0.29) is 5.91 Å². The van der Waals surface area contributed by atoms with Crippen LogP contribution < -0.4 is 10.1 Å². The molecule has 7 nitrogen and oxygen atoms in total. The number of nitrogens with zero attached hydrogens (tertiary/aromatic N) is 3. The molecule has 1 N–H and O–H groups in total. The highest BCUT2D eigenvalue weighted by atomic mass is 19.4. The first-order chi connectivity index (χ1) is 15.7. The molecule has 10 heteroatoms. The van der Waals surface area contributed by atoms with Crippen LogP contribution in [0.25, 0.3) is 5.65 Å². The van der Waals surface area contributed by atoms with Gasteiger partial charge in [0.2, 0.25) is 0 Å². The van der Waals surface area contributed by atoms with Gasteiger partial charge in [0, 0.05) is 30.9 Å². The largest absolute Gasteiger partial charge is 0.489 e. The Morgan fingerprint density at radius 1 is 1.12 bits per heavy atom. The molecule has 0 aliphatic carbocycles. The Hall–Kier alpha value is -3.82. The van der Waals surface area contributed by atoms with E-state index in [0.717, 1.165) is 23.5 Å². The van der Waals surface area contributed by atoms with E-state index in [2.05, 4.69) is 15.5 Å². The number of hydrogen-bond acceptors (Lipinski definition) is 5. The van der Waals surface area contributed by atoms with Crippen LogP contribution in [0.4, 0.5) is 13.2 Å². The molecular weight excluding hydrogens is 437 g/mol. The number of aromatic nitrogens is 3. The fourth-order valence-electron chi connectivity index (χ4n) is 3.30. The molecule has 0 saturated heterocycles. The third-order valence-electron chi connectivity index (χ3n) is 5.18. The van der Waals surface area contributed by atoms with Gasteiger partial charge in [-0.1, -0.05) is 5.16 Å². The number of fused-ring (bicyclic) bond motifs is 1. The predicted molar refractivity (Wildman–Crippen MR) is 113 cm³/mol. The number of carbonyl (C=O) groups excluding carboxylic acids is 1. The van der Waals surface area contributed by atoms with Crippen LogP contribution in [-0.4, -0.2) is 27.0 Å². The summed E-state index contributed by atoms with van der Waals surface area (Å²) < 4.78 is 50.7. The van der Waals surface area contributed by atoms with Crippen molar-refractivity contribution in [3.63, 3.8) is 0 Å². The second-order valence-corrected chi connectivity index (χ2v) is 7.53. The van der Waals surface area contributed by atoms with Crippen LogP contribution in [-0.2, 0) is 19.2 Å². The van der Waals surface area contributed by atoms with E-state index >= 15 is 0 Å². The number of imidazole rings is 1. The zero-order chi connectivity index (χ0) is 23.6. The number of benzene rings is 1. The van der Waals surface area contributed by atoms with Crippen molar-refractivity contribution in [2.45, 2.75) is 33.1 Å². The number of aryl methyl sites for hydroxylation is 2. The number of nitrogens with one attached hydrogen (secondary N) is 1. The molecule has 33 heavy (non-hydrogen) atoms. The van der Waals surface area contributed by atoms with Crippen LogP contribution in [0.15, 0.2) is 53.3 Å². The van der Waals surface area contributed by atoms with Gasteiger partial charge in [-0.15, -0.1) is 0 Å². The topological polar surface area (TPSA) is 81.7 Å². The molecule has 1 amide bonds. The maximum atomic E-state index is 12.8. The fourth-order valence-corrected chi connectivity index (χ4v) is 3.30. The van der Waals surface area contributed by atoms with E-state index in [9.17, 15) is 18.0 Å². The number of alkyl halides is 3. The number of carbonyl (C=O) groups is 1. The summed E-state index contributed by atoms with van der Waals surface area (Å²) in [4.78, 5) is 16.7. The Kier molecular flexibility index (Phi) is 6.08. The third-order valence-corrected chi connectivity index (χ3v) is 5.18. The first-order valence-electron chi connectivity index (χ1n) is 10.2. The van der Waals surface area contributed by atoms with Gasteiger partial charge in [-0.3, -0.25) is 4.79 Å². The van der Waals surface area contributed by atoms with Crippen LogP contribution in [0.3, 0.4) is 0 Å². The van der Waals surface area contributed by atoms with Crippen molar-refractivity contribution in [2.24, 2.45) is 0 Å². The van der Waals surface area contributed by atoms with Gasteiger partial charge in [-0.2, -0.15) is 13.2 Å². The Morgan fingerprint density at radius 2 is 1.88 bits per heavy atom. The smallest absolute Gasteiger partial charge is 0.417 e. The van der Waals surface area contributed by atoms with E-state index in [4.69, 9.17) is 9.26 Å². The lowest BCUT2D eigenvalue weighted by Crippen LogP contribution is -2.25. The lowest BCUT2D eigenvalue weighted by Gasteiger charge is -2.08. The highest BCUT2D eigenvalue weighted by molar-refractivity contribution is 5.94. The van der Waals surface area contributed by atoms with Gasteiger partial charge >= 0.3 is 6.18 Å². The van der Waals surface area contributed by atoms with Crippen LogP contribution in [0.2, 0.25) is 0 Å². The lowest BCUT2D eigenvalue weighted by atomic mass is 10.2. The van der Waals surface area contributed by atoms with Gasteiger partial charge in [-0.05, 0) is 50.2 Å². The van der Waals surface area contributed by atoms with Gasteiger partial charge in [0.05, 0.1) is 22.5 Å². The fraction of sp³-hybridized carbons (Fsp3) is 0.261. The minimum atomic E-state index is -4.42. The molecule has 4 rings (SSSR count). The molecule has 0 unspecified atom stereocenters. The minimum absolute atomic E-state index is 0.268. The zero-order valence-corrected chi connectivity index (χ0v) is 17.9. The number of rotatable bonds is 7. The molecule has 0 atom stereocenters. The zero-order valence-electron chi connectivity index (χ0n) is 17.9. The second-order valence-electron chi connectivity index (χ2n) is 7.53. The average molecular weight is 458 g/mol. The van der Waals surface area contributed by atoms with Crippen LogP contribution in [0, 0.1) is 13.8 Å². The highest BCUT2D eigenvalue weighted by Crippen LogP contribution is 2.29. The molecule has 0 fully saturated rings. The summed E-state index contributed by atoms with van der Waals surface area (Å²) in [5.74, 6) is 1.04. The van der Waals surface area contributed by atoms with Crippen molar-refractivity contribution >= 4 is 11.6 Å². The summed E-state index contributed by atoms with van der Waals surface area (Å²) in [6, 6.07) is 9.03. The Morgan fingerprint density at radius 3 is 2.55 bits per heavy atom. The maximum absolute atomic E-state index is 12.8. The summed E-state index contributed by atoms with van der Waals surface area (Å²) in [6.07, 6.45) is -1.50. The molecule has 0 aliphatic heterocycles. The van der Waals surface area contributed by atoms with Gasteiger partial charge in [0.15, 0.2) is 0 Å². The molecule has 0 radical (unpaired) electrons. The number of pyridine rings is 1. The Balaban J connectivity index is 1.30. The first kappa shape index (κ1) is 22.4. The van der Waals surface area contributed by atoms with Gasteiger partial charge < -0.3 is 19.0 Å². The van der Waals surface area contributed by atoms with Crippen molar-refractivity contribution in [2.75, 3.05) is 6.54 Å². The third kappa shape index (κ3) is 5.16. The summed E-state index contributed by atoms with van der Waals surface area (Å²) in [5.41, 5.74) is 2.37.